The van der Waals surface area contributed by atoms with Gasteiger partial charge in [-0.05, 0) is 26.3 Å². The van der Waals surface area contributed by atoms with Crippen LogP contribution < -0.4 is 5.32 Å². The lowest BCUT2D eigenvalue weighted by atomic mass is 10.0. The molecule has 2 atom stereocenters. The van der Waals surface area contributed by atoms with Crippen molar-refractivity contribution in [2.45, 2.75) is 39.3 Å². The largest absolute Gasteiger partial charge is 0.453 e. The van der Waals surface area contributed by atoms with E-state index in [1.165, 1.54) is 18.4 Å². The summed E-state index contributed by atoms with van der Waals surface area (Å²) >= 11 is 0. The highest BCUT2D eigenvalue weighted by Gasteiger charge is 2.33. The van der Waals surface area contributed by atoms with Crippen LogP contribution in [0.1, 0.15) is 27.2 Å². The topological polar surface area (TPSA) is 53.9 Å². The highest BCUT2D eigenvalue weighted by molar-refractivity contribution is 5.84. The molecule has 0 aromatic rings. The molecule has 2 unspecified atom stereocenters. The van der Waals surface area contributed by atoms with Gasteiger partial charge in [0.25, 0.3) is 0 Å². The molecule has 1 N–H and O–H groups in total. The van der Waals surface area contributed by atoms with Crippen LogP contribution in [0.4, 0.5) is 4.79 Å². The quantitative estimate of drug-likeness (QED) is 0.752. The Labute approximate surface area is 102 Å². The zero-order chi connectivity index (χ0) is 12.6. The number of rotatable bonds is 1. The van der Waals surface area contributed by atoms with Crippen LogP contribution in [0.3, 0.4) is 0 Å². The Morgan fingerprint density at radius 2 is 2.24 bits per heavy atom. The highest BCUT2D eigenvalue weighted by atomic mass is 16.5. The van der Waals surface area contributed by atoms with Crippen molar-refractivity contribution in [1.82, 2.24) is 10.2 Å². The fourth-order valence-corrected chi connectivity index (χ4v) is 2.45. The van der Waals surface area contributed by atoms with E-state index in [-0.39, 0.29) is 18.2 Å². The normalized spacial score (nSPS) is 27.8. The lowest BCUT2D eigenvalue weighted by Gasteiger charge is -2.28. The van der Waals surface area contributed by atoms with Gasteiger partial charge in [-0.25, -0.2) is 4.79 Å². The summed E-state index contributed by atoms with van der Waals surface area (Å²) < 4.78 is 4.63. The van der Waals surface area contributed by atoms with E-state index in [0.717, 1.165) is 18.8 Å². The van der Waals surface area contributed by atoms with Crippen molar-refractivity contribution >= 4 is 11.9 Å². The lowest BCUT2D eigenvalue weighted by molar-refractivity contribution is 0.167. The Hall–Kier alpha value is -1.52. The van der Waals surface area contributed by atoms with E-state index in [1.807, 2.05) is 6.92 Å². The average molecular weight is 237 g/mol. The summed E-state index contributed by atoms with van der Waals surface area (Å²) in [4.78, 5) is 18.0. The van der Waals surface area contributed by atoms with E-state index in [1.54, 1.807) is 0 Å². The number of methoxy groups -OCH3 is 1. The number of nitrogens with zero attached hydrogens (tertiary/aromatic N) is 2. The maximum absolute atomic E-state index is 11.2. The van der Waals surface area contributed by atoms with Gasteiger partial charge in [-0.3, -0.25) is 4.99 Å². The van der Waals surface area contributed by atoms with Crippen LogP contribution in [0.5, 0.6) is 0 Å². The molecular weight excluding hydrogens is 218 g/mol. The molecule has 0 aromatic heterocycles. The summed E-state index contributed by atoms with van der Waals surface area (Å²) in [5.41, 5.74) is 2.59. The first-order chi connectivity index (χ1) is 8.02. The molecule has 2 rings (SSSR count). The van der Waals surface area contributed by atoms with E-state index in [9.17, 15) is 4.79 Å². The van der Waals surface area contributed by atoms with Crippen molar-refractivity contribution in [2.75, 3.05) is 13.7 Å². The number of fused-ring (bicyclic) bond motifs is 1. The fourth-order valence-electron chi connectivity index (χ4n) is 2.45. The van der Waals surface area contributed by atoms with Crippen molar-refractivity contribution in [3.05, 3.63) is 11.3 Å². The molecule has 5 nitrogen and oxygen atoms in total. The van der Waals surface area contributed by atoms with Gasteiger partial charge < -0.3 is 15.0 Å². The predicted molar refractivity (Wildman–Crippen MR) is 65.9 cm³/mol. The predicted octanol–water partition coefficient (Wildman–Crippen LogP) is 1.51. The van der Waals surface area contributed by atoms with Crippen LogP contribution in [-0.4, -0.2) is 42.6 Å². The van der Waals surface area contributed by atoms with Gasteiger partial charge >= 0.3 is 6.09 Å². The molecule has 1 fully saturated rings. The number of alkyl carbamates (subject to hydrolysis) is 1. The Kier molecular flexibility index (Phi) is 3.09. The number of hydrogen-bond donors (Lipinski definition) is 1. The number of ether oxygens (including phenoxy) is 1. The number of aliphatic imine (C=N–C) groups is 1. The molecular formula is C12H19N3O2. The van der Waals surface area contributed by atoms with E-state index in [0.29, 0.717) is 0 Å². The Balaban J connectivity index is 2.13. The minimum atomic E-state index is -0.365. The smallest absolute Gasteiger partial charge is 0.407 e. The average Bonchev–Trinajstić information content (AvgIpc) is 2.70. The number of amidine groups is 1. The molecule has 94 valence electrons. The first-order valence-electron chi connectivity index (χ1n) is 5.89. The minimum Gasteiger partial charge on any atom is -0.453 e. The van der Waals surface area contributed by atoms with Crippen LogP contribution in [0.2, 0.25) is 0 Å². The Bertz CT molecular complexity index is 401. The van der Waals surface area contributed by atoms with Crippen molar-refractivity contribution in [1.29, 1.82) is 0 Å². The van der Waals surface area contributed by atoms with E-state index < -0.39 is 0 Å². The first-order valence-corrected chi connectivity index (χ1v) is 5.89. The fraction of sp³-hybridized carbons (Fsp3) is 0.667. The number of hydrogen-bond acceptors (Lipinski definition) is 4. The minimum absolute atomic E-state index is 0.114. The maximum Gasteiger partial charge on any atom is 0.407 e. The molecule has 2 aliphatic rings. The summed E-state index contributed by atoms with van der Waals surface area (Å²) in [5, 5.41) is 2.85. The molecule has 2 heterocycles. The van der Waals surface area contributed by atoms with Gasteiger partial charge in [0.05, 0.1) is 19.2 Å². The van der Waals surface area contributed by atoms with Crippen LogP contribution in [0.25, 0.3) is 0 Å². The van der Waals surface area contributed by atoms with Crippen molar-refractivity contribution in [3.8, 4) is 0 Å². The van der Waals surface area contributed by atoms with Crippen LogP contribution in [0.15, 0.2) is 16.3 Å². The summed E-state index contributed by atoms with van der Waals surface area (Å²) in [6.07, 6.45) is 0.494. The van der Waals surface area contributed by atoms with Crippen molar-refractivity contribution in [2.24, 2.45) is 4.99 Å². The van der Waals surface area contributed by atoms with E-state index >= 15 is 0 Å². The summed E-state index contributed by atoms with van der Waals surface area (Å²) in [7, 11) is 1.39. The van der Waals surface area contributed by atoms with Crippen LogP contribution in [0, 0.1) is 0 Å². The molecule has 0 saturated carbocycles. The van der Waals surface area contributed by atoms with Gasteiger partial charge in [0.1, 0.15) is 5.84 Å². The van der Waals surface area contributed by atoms with E-state index in [4.69, 9.17) is 0 Å². The van der Waals surface area contributed by atoms with Crippen LogP contribution >= 0.6 is 0 Å². The highest BCUT2D eigenvalue weighted by Crippen LogP contribution is 2.30. The number of amides is 1. The van der Waals surface area contributed by atoms with Gasteiger partial charge in [-0.15, -0.1) is 0 Å². The zero-order valence-electron chi connectivity index (χ0n) is 10.8. The first kappa shape index (κ1) is 12.0. The molecule has 1 saturated heterocycles. The standard InChI is InChI=1S/C12H19N3O2/c1-7-8(2)13-9(3)15-6-10(5-11(7)15)14-12(16)17-4/h8,10H,5-6H2,1-4H3,(H,14,16). The molecule has 5 heteroatoms. The van der Waals surface area contributed by atoms with E-state index in [2.05, 4.69) is 33.8 Å². The summed E-state index contributed by atoms with van der Waals surface area (Å²) in [6.45, 7) is 7.01. The Morgan fingerprint density at radius 1 is 1.53 bits per heavy atom. The molecule has 0 aliphatic carbocycles. The SMILES string of the molecule is COC(=O)NC1CC2=C(C)C(C)N=C(C)N2C1. The second-order valence-corrected chi connectivity index (χ2v) is 4.63. The number of carbonyl (C=O) groups excluding carboxylic acids is 1. The third-order valence-electron chi connectivity index (χ3n) is 3.53. The second-order valence-electron chi connectivity index (χ2n) is 4.63. The third kappa shape index (κ3) is 2.14. The molecule has 0 bridgehead atoms. The zero-order valence-corrected chi connectivity index (χ0v) is 10.8. The second kappa shape index (κ2) is 4.39. The molecule has 1 amide bonds. The van der Waals surface area contributed by atoms with Gasteiger partial charge in [0.2, 0.25) is 0 Å². The van der Waals surface area contributed by atoms with Crippen LogP contribution in [-0.2, 0) is 4.74 Å². The third-order valence-corrected chi connectivity index (χ3v) is 3.53. The number of carbonyl (C=O) groups is 1. The van der Waals surface area contributed by atoms with Gasteiger partial charge in [0.15, 0.2) is 0 Å². The van der Waals surface area contributed by atoms with Gasteiger partial charge in [0, 0.05) is 18.7 Å². The summed E-state index contributed by atoms with van der Waals surface area (Å²) in [5.74, 6) is 1.03. The molecule has 2 aliphatic heterocycles. The molecule has 0 spiro atoms. The maximum atomic E-state index is 11.2. The van der Waals surface area contributed by atoms with Crippen molar-refractivity contribution in [3.63, 3.8) is 0 Å². The molecule has 17 heavy (non-hydrogen) atoms. The summed E-state index contributed by atoms with van der Waals surface area (Å²) in [6, 6.07) is 0.362. The monoisotopic (exact) mass is 237 g/mol. The molecule has 0 aromatic carbocycles. The lowest BCUT2D eigenvalue weighted by Crippen LogP contribution is -2.38. The molecule has 0 radical (unpaired) electrons. The van der Waals surface area contributed by atoms with Gasteiger partial charge in [-0.2, -0.15) is 0 Å². The van der Waals surface area contributed by atoms with Crippen molar-refractivity contribution < 1.29 is 9.53 Å². The number of nitrogens with one attached hydrogen (secondary N) is 1. The van der Waals surface area contributed by atoms with Gasteiger partial charge in [-0.1, -0.05) is 0 Å². The Morgan fingerprint density at radius 3 is 2.88 bits per heavy atom.